The number of aliphatic hydroxyl groups is 1. The number of nitrogens with two attached hydrogens (primary N) is 1. The normalized spacial score (nSPS) is 36.9. The average Bonchev–Trinajstić information content (AvgIpc) is 2.31. The molecule has 2 nitrogen and oxygen atoms in total. The molecule has 78 valence electrons. The van der Waals surface area contributed by atoms with E-state index < -0.39 is 5.60 Å². The Bertz CT molecular complexity index is 169. The zero-order valence-electron chi connectivity index (χ0n) is 9.09. The van der Waals surface area contributed by atoms with Crippen LogP contribution in [0.1, 0.15) is 46.5 Å². The quantitative estimate of drug-likeness (QED) is 0.705. The highest BCUT2D eigenvalue weighted by atomic mass is 16.3. The summed E-state index contributed by atoms with van der Waals surface area (Å²) in [7, 11) is 0. The zero-order valence-corrected chi connectivity index (χ0v) is 9.09. The third kappa shape index (κ3) is 2.68. The molecule has 2 heteroatoms. The van der Waals surface area contributed by atoms with Gasteiger partial charge in [0, 0.05) is 6.04 Å². The van der Waals surface area contributed by atoms with Gasteiger partial charge >= 0.3 is 0 Å². The summed E-state index contributed by atoms with van der Waals surface area (Å²) >= 11 is 0. The lowest BCUT2D eigenvalue weighted by Crippen LogP contribution is -2.35. The van der Waals surface area contributed by atoms with Gasteiger partial charge in [0.1, 0.15) is 0 Å². The van der Waals surface area contributed by atoms with Crippen molar-refractivity contribution < 1.29 is 5.11 Å². The van der Waals surface area contributed by atoms with E-state index in [4.69, 9.17) is 5.73 Å². The Labute approximate surface area is 81.5 Å². The van der Waals surface area contributed by atoms with Crippen LogP contribution in [0.25, 0.3) is 0 Å². The van der Waals surface area contributed by atoms with Gasteiger partial charge < -0.3 is 10.8 Å². The lowest BCUT2D eigenvalue weighted by molar-refractivity contribution is -0.0138. The first kappa shape index (κ1) is 11.0. The van der Waals surface area contributed by atoms with Crippen molar-refractivity contribution >= 4 is 0 Å². The van der Waals surface area contributed by atoms with Crippen LogP contribution in [0.4, 0.5) is 0 Å². The summed E-state index contributed by atoms with van der Waals surface area (Å²) in [5.74, 6) is 1.05. The number of hydrogen-bond donors (Lipinski definition) is 2. The summed E-state index contributed by atoms with van der Waals surface area (Å²) in [5, 5.41) is 10.3. The van der Waals surface area contributed by atoms with Gasteiger partial charge in [-0.1, -0.05) is 20.8 Å². The molecule has 3 unspecified atom stereocenters. The van der Waals surface area contributed by atoms with Crippen LogP contribution in [0.2, 0.25) is 0 Å². The average molecular weight is 185 g/mol. The Balaban J connectivity index is 2.49. The maximum Gasteiger partial charge on any atom is 0.0688 e. The van der Waals surface area contributed by atoms with E-state index in [0.29, 0.717) is 11.8 Å². The van der Waals surface area contributed by atoms with Gasteiger partial charge in [0.2, 0.25) is 0 Å². The Morgan fingerprint density at radius 3 is 2.46 bits per heavy atom. The second kappa shape index (κ2) is 3.97. The van der Waals surface area contributed by atoms with E-state index in [1.54, 1.807) is 0 Å². The highest BCUT2D eigenvalue weighted by molar-refractivity contribution is 4.94. The summed E-state index contributed by atoms with van der Waals surface area (Å²) in [4.78, 5) is 0. The van der Waals surface area contributed by atoms with E-state index in [1.807, 2.05) is 0 Å². The maximum atomic E-state index is 10.3. The molecular weight excluding hydrogens is 162 g/mol. The minimum Gasteiger partial charge on any atom is -0.390 e. The van der Waals surface area contributed by atoms with Crippen molar-refractivity contribution in [3.63, 3.8) is 0 Å². The lowest BCUT2D eigenvalue weighted by Gasteiger charge is -2.31. The van der Waals surface area contributed by atoms with Crippen molar-refractivity contribution in [2.75, 3.05) is 0 Å². The van der Waals surface area contributed by atoms with Crippen LogP contribution >= 0.6 is 0 Å². The largest absolute Gasteiger partial charge is 0.390 e. The van der Waals surface area contributed by atoms with Crippen LogP contribution in [-0.2, 0) is 0 Å². The van der Waals surface area contributed by atoms with Crippen molar-refractivity contribution in [1.29, 1.82) is 0 Å². The monoisotopic (exact) mass is 185 g/mol. The molecule has 0 amide bonds. The van der Waals surface area contributed by atoms with E-state index in [9.17, 15) is 5.11 Å². The van der Waals surface area contributed by atoms with Crippen LogP contribution in [-0.4, -0.2) is 16.7 Å². The molecule has 0 aromatic rings. The molecule has 1 fully saturated rings. The fourth-order valence-electron chi connectivity index (χ4n) is 2.47. The standard InChI is InChI=1S/C11H23NO/c1-8(2)6-9(3)11(13)5-4-10(12)7-11/h8-10,13H,4-7,12H2,1-3H3. The lowest BCUT2D eigenvalue weighted by atomic mass is 9.82. The zero-order chi connectivity index (χ0) is 10.1. The first-order valence-corrected chi connectivity index (χ1v) is 5.42. The Kier molecular flexibility index (Phi) is 3.36. The minimum absolute atomic E-state index is 0.222. The predicted molar refractivity (Wildman–Crippen MR) is 55.4 cm³/mol. The third-order valence-corrected chi connectivity index (χ3v) is 3.31. The summed E-state index contributed by atoms with van der Waals surface area (Å²) < 4.78 is 0. The van der Waals surface area contributed by atoms with Crippen molar-refractivity contribution in [3.05, 3.63) is 0 Å². The summed E-state index contributed by atoms with van der Waals surface area (Å²) in [6.07, 6.45) is 3.77. The third-order valence-electron chi connectivity index (χ3n) is 3.31. The molecule has 0 spiro atoms. The molecule has 1 aliphatic carbocycles. The van der Waals surface area contributed by atoms with Gasteiger partial charge in [-0.25, -0.2) is 0 Å². The van der Waals surface area contributed by atoms with E-state index >= 15 is 0 Å². The molecule has 3 N–H and O–H groups in total. The van der Waals surface area contributed by atoms with Crippen molar-refractivity contribution in [3.8, 4) is 0 Å². The molecule has 1 aliphatic rings. The van der Waals surface area contributed by atoms with E-state index in [-0.39, 0.29) is 6.04 Å². The van der Waals surface area contributed by atoms with Gasteiger partial charge in [-0.3, -0.25) is 0 Å². The van der Waals surface area contributed by atoms with E-state index in [0.717, 1.165) is 25.7 Å². The molecule has 0 saturated heterocycles. The van der Waals surface area contributed by atoms with E-state index in [1.165, 1.54) is 0 Å². The second-order valence-electron chi connectivity index (χ2n) is 5.14. The molecule has 1 rings (SSSR count). The summed E-state index contributed by atoms with van der Waals surface area (Å²) in [5.41, 5.74) is 5.35. The van der Waals surface area contributed by atoms with Crippen molar-refractivity contribution in [2.24, 2.45) is 17.6 Å². The van der Waals surface area contributed by atoms with Gasteiger partial charge in [-0.05, 0) is 37.5 Å². The van der Waals surface area contributed by atoms with Crippen molar-refractivity contribution in [1.82, 2.24) is 0 Å². The Morgan fingerprint density at radius 1 is 1.46 bits per heavy atom. The number of rotatable bonds is 3. The first-order chi connectivity index (χ1) is 5.94. The second-order valence-corrected chi connectivity index (χ2v) is 5.14. The molecule has 0 aromatic carbocycles. The smallest absolute Gasteiger partial charge is 0.0688 e. The molecule has 0 heterocycles. The van der Waals surface area contributed by atoms with Crippen LogP contribution in [0.3, 0.4) is 0 Å². The van der Waals surface area contributed by atoms with Crippen LogP contribution in [0.15, 0.2) is 0 Å². The fraction of sp³-hybridized carbons (Fsp3) is 1.00. The molecule has 3 atom stereocenters. The van der Waals surface area contributed by atoms with Gasteiger partial charge in [-0.15, -0.1) is 0 Å². The summed E-state index contributed by atoms with van der Waals surface area (Å²) in [6.45, 7) is 6.56. The minimum atomic E-state index is -0.469. The molecular formula is C11H23NO. The van der Waals surface area contributed by atoms with Crippen LogP contribution < -0.4 is 5.73 Å². The molecule has 0 aromatic heterocycles. The Morgan fingerprint density at radius 2 is 2.08 bits per heavy atom. The van der Waals surface area contributed by atoms with Crippen LogP contribution in [0, 0.1) is 11.8 Å². The van der Waals surface area contributed by atoms with E-state index in [2.05, 4.69) is 20.8 Å². The number of hydrogen-bond acceptors (Lipinski definition) is 2. The van der Waals surface area contributed by atoms with Crippen LogP contribution in [0.5, 0.6) is 0 Å². The Hall–Kier alpha value is -0.0800. The predicted octanol–water partition coefficient (Wildman–Crippen LogP) is 1.91. The molecule has 13 heavy (non-hydrogen) atoms. The molecule has 0 radical (unpaired) electrons. The van der Waals surface area contributed by atoms with Crippen molar-refractivity contribution in [2.45, 2.75) is 58.1 Å². The molecule has 0 aliphatic heterocycles. The molecule has 0 bridgehead atoms. The highest BCUT2D eigenvalue weighted by Crippen LogP contribution is 2.37. The summed E-state index contributed by atoms with van der Waals surface area (Å²) in [6, 6.07) is 0.222. The molecule has 1 saturated carbocycles. The van der Waals surface area contributed by atoms with Gasteiger partial charge in [-0.2, -0.15) is 0 Å². The van der Waals surface area contributed by atoms with Gasteiger partial charge in [0.05, 0.1) is 5.60 Å². The highest BCUT2D eigenvalue weighted by Gasteiger charge is 2.40. The first-order valence-electron chi connectivity index (χ1n) is 5.42. The van der Waals surface area contributed by atoms with Gasteiger partial charge in [0.15, 0.2) is 0 Å². The SMILES string of the molecule is CC(C)CC(C)C1(O)CCC(N)C1. The topological polar surface area (TPSA) is 46.2 Å². The fourth-order valence-corrected chi connectivity index (χ4v) is 2.47. The maximum absolute atomic E-state index is 10.3. The van der Waals surface area contributed by atoms with Gasteiger partial charge in [0.25, 0.3) is 0 Å².